The van der Waals surface area contributed by atoms with Gasteiger partial charge < -0.3 is 11.1 Å². The van der Waals surface area contributed by atoms with Gasteiger partial charge in [0.2, 0.25) is 5.91 Å². The molecule has 0 atom stereocenters. The molecule has 1 fully saturated rings. The van der Waals surface area contributed by atoms with Crippen LogP contribution >= 0.6 is 0 Å². The van der Waals surface area contributed by atoms with Crippen LogP contribution in [0.4, 0.5) is 5.69 Å². The van der Waals surface area contributed by atoms with Crippen molar-refractivity contribution in [1.82, 2.24) is 14.8 Å². The SMILES string of the molecule is NC[C@H]1CC[C@H](C(=O)Nc2ccnc3c2cnn3Cc2ccccc2)CC1. The van der Waals surface area contributed by atoms with Crippen LogP contribution in [-0.4, -0.2) is 27.2 Å². The maximum absolute atomic E-state index is 12.7. The molecular formula is C21H25N5O. The van der Waals surface area contributed by atoms with Crippen LogP contribution in [0.1, 0.15) is 31.2 Å². The minimum Gasteiger partial charge on any atom is -0.330 e. The van der Waals surface area contributed by atoms with Crippen molar-refractivity contribution in [3.63, 3.8) is 0 Å². The second-order valence-corrected chi connectivity index (χ2v) is 7.33. The highest BCUT2D eigenvalue weighted by atomic mass is 16.1. The summed E-state index contributed by atoms with van der Waals surface area (Å²) in [6.07, 6.45) is 7.41. The Morgan fingerprint density at radius 2 is 1.93 bits per heavy atom. The molecule has 1 saturated carbocycles. The van der Waals surface area contributed by atoms with Crippen molar-refractivity contribution in [2.75, 3.05) is 11.9 Å². The van der Waals surface area contributed by atoms with Gasteiger partial charge >= 0.3 is 0 Å². The zero-order chi connectivity index (χ0) is 18.6. The summed E-state index contributed by atoms with van der Waals surface area (Å²) in [7, 11) is 0. The number of rotatable bonds is 5. The first-order valence-corrected chi connectivity index (χ1v) is 9.60. The molecule has 6 heteroatoms. The van der Waals surface area contributed by atoms with E-state index in [0.29, 0.717) is 12.5 Å². The average molecular weight is 363 g/mol. The number of pyridine rings is 1. The van der Waals surface area contributed by atoms with Crippen molar-refractivity contribution in [2.24, 2.45) is 17.6 Å². The van der Waals surface area contributed by atoms with E-state index in [1.165, 1.54) is 0 Å². The van der Waals surface area contributed by atoms with Crippen LogP contribution in [0.15, 0.2) is 48.8 Å². The number of hydrogen-bond acceptors (Lipinski definition) is 4. The lowest BCUT2D eigenvalue weighted by Crippen LogP contribution is -2.29. The highest BCUT2D eigenvalue weighted by Gasteiger charge is 2.26. The van der Waals surface area contributed by atoms with Gasteiger partial charge in [-0.25, -0.2) is 9.67 Å². The number of aromatic nitrogens is 3. The minimum absolute atomic E-state index is 0.0652. The Morgan fingerprint density at radius 1 is 1.15 bits per heavy atom. The van der Waals surface area contributed by atoms with Crippen LogP contribution in [0.2, 0.25) is 0 Å². The number of nitrogens with one attached hydrogen (secondary N) is 1. The molecule has 140 valence electrons. The molecule has 6 nitrogen and oxygen atoms in total. The Labute approximate surface area is 158 Å². The third kappa shape index (κ3) is 3.85. The van der Waals surface area contributed by atoms with Crippen LogP contribution in [-0.2, 0) is 11.3 Å². The number of carbonyl (C=O) groups excluding carboxylic acids is 1. The van der Waals surface area contributed by atoms with Gasteiger partial charge in [0.1, 0.15) is 0 Å². The molecule has 0 aliphatic heterocycles. The first kappa shape index (κ1) is 17.7. The average Bonchev–Trinajstić information content (AvgIpc) is 3.13. The molecule has 0 spiro atoms. The first-order valence-electron chi connectivity index (χ1n) is 9.60. The molecule has 1 aromatic carbocycles. The van der Waals surface area contributed by atoms with E-state index in [-0.39, 0.29) is 11.8 Å². The fourth-order valence-corrected chi connectivity index (χ4v) is 3.85. The molecule has 0 saturated heterocycles. The summed E-state index contributed by atoms with van der Waals surface area (Å²) >= 11 is 0. The Kier molecular flexibility index (Phi) is 5.16. The van der Waals surface area contributed by atoms with E-state index < -0.39 is 0 Å². The Morgan fingerprint density at radius 3 is 2.67 bits per heavy atom. The number of amides is 1. The zero-order valence-corrected chi connectivity index (χ0v) is 15.3. The maximum Gasteiger partial charge on any atom is 0.227 e. The Bertz CT molecular complexity index is 913. The number of benzene rings is 1. The molecule has 0 radical (unpaired) electrons. The zero-order valence-electron chi connectivity index (χ0n) is 15.3. The van der Waals surface area contributed by atoms with E-state index in [2.05, 4.69) is 27.5 Å². The largest absolute Gasteiger partial charge is 0.330 e. The molecule has 3 aromatic rings. The molecular weight excluding hydrogens is 338 g/mol. The normalized spacial score (nSPS) is 19.9. The van der Waals surface area contributed by atoms with Crippen molar-refractivity contribution in [3.05, 3.63) is 54.4 Å². The van der Waals surface area contributed by atoms with E-state index in [0.717, 1.165) is 54.5 Å². The Balaban J connectivity index is 1.50. The van der Waals surface area contributed by atoms with Crippen molar-refractivity contribution < 1.29 is 4.79 Å². The van der Waals surface area contributed by atoms with Crippen molar-refractivity contribution in [1.29, 1.82) is 0 Å². The number of hydrogen-bond donors (Lipinski definition) is 2. The monoisotopic (exact) mass is 363 g/mol. The van der Waals surface area contributed by atoms with E-state index in [1.54, 1.807) is 12.4 Å². The predicted molar refractivity (Wildman–Crippen MR) is 106 cm³/mol. The van der Waals surface area contributed by atoms with E-state index in [1.807, 2.05) is 28.9 Å². The van der Waals surface area contributed by atoms with Gasteiger partial charge in [0.15, 0.2) is 5.65 Å². The van der Waals surface area contributed by atoms with E-state index >= 15 is 0 Å². The molecule has 0 bridgehead atoms. The summed E-state index contributed by atoms with van der Waals surface area (Å²) < 4.78 is 1.87. The summed E-state index contributed by atoms with van der Waals surface area (Å²) in [5, 5.41) is 8.45. The molecule has 1 aliphatic carbocycles. The molecule has 27 heavy (non-hydrogen) atoms. The molecule has 2 aromatic heterocycles. The second kappa shape index (κ2) is 7.88. The number of fused-ring (bicyclic) bond motifs is 1. The summed E-state index contributed by atoms with van der Waals surface area (Å²) in [4.78, 5) is 17.2. The van der Waals surface area contributed by atoms with Crippen LogP contribution in [0.5, 0.6) is 0 Å². The highest BCUT2D eigenvalue weighted by molar-refractivity contribution is 6.00. The minimum atomic E-state index is 0.0652. The maximum atomic E-state index is 12.7. The standard InChI is InChI=1S/C21H25N5O/c22-12-15-6-8-17(9-7-15)21(27)25-19-10-11-23-20-18(19)13-24-26(20)14-16-4-2-1-3-5-16/h1-5,10-11,13,15,17H,6-9,12,14,22H2,(H,23,25,27)/t15-,17-. The topological polar surface area (TPSA) is 85.8 Å². The third-order valence-corrected chi connectivity index (χ3v) is 5.52. The molecule has 1 amide bonds. The third-order valence-electron chi connectivity index (χ3n) is 5.52. The lowest BCUT2D eigenvalue weighted by atomic mass is 9.81. The fraction of sp³-hybridized carbons (Fsp3) is 0.381. The van der Waals surface area contributed by atoms with Crippen LogP contribution in [0.3, 0.4) is 0 Å². The van der Waals surface area contributed by atoms with Gasteiger partial charge in [-0.2, -0.15) is 5.10 Å². The van der Waals surface area contributed by atoms with Crippen LogP contribution < -0.4 is 11.1 Å². The molecule has 4 rings (SSSR count). The first-order chi connectivity index (χ1) is 13.2. The second-order valence-electron chi connectivity index (χ2n) is 7.33. The summed E-state index contributed by atoms with van der Waals surface area (Å²) in [5.74, 6) is 0.724. The van der Waals surface area contributed by atoms with Crippen LogP contribution in [0, 0.1) is 11.8 Å². The molecule has 1 aliphatic rings. The van der Waals surface area contributed by atoms with Gasteiger partial charge in [0, 0.05) is 12.1 Å². The van der Waals surface area contributed by atoms with Gasteiger partial charge in [-0.05, 0) is 49.8 Å². The van der Waals surface area contributed by atoms with Crippen molar-refractivity contribution >= 4 is 22.6 Å². The lowest BCUT2D eigenvalue weighted by Gasteiger charge is -2.26. The van der Waals surface area contributed by atoms with Gasteiger partial charge in [0.05, 0.1) is 23.8 Å². The van der Waals surface area contributed by atoms with E-state index in [9.17, 15) is 4.79 Å². The molecule has 0 unspecified atom stereocenters. The Hall–Kier alpha value is -2.73. The molecule has 3 N–H and O–H groups in total. The summed E-state index contributed by atoms with van der Waals surface area (Å²) in [6.45, 7) is 1.37. The highest BCUT2D eigenvalue weighted by Crippen LogP contribution is 2.30. The summed E-state index contributed by atoms with van der Waals surface area (Å²) in [5.41, 5.74) is 8.48. The number of anilines is 1. The van der Waals surface area contributed by atoms with Gasteiger partial charge in [-0.1, -0.05) is 30.3 Å². The predicted octanol–water partition coefficient (Wildman–Crippen LogP) is 3.18. The smallest absolute Gasteiger partial charge is 0.227 e. The van der Waals surface area contributed by atoms with E-state index in [4.69, 9.17) is 5.73 Å². The van der Waals surface area contributed by atoms with Gasteiger partial charge in [-0.15, -0.1) is 0 Å². The lowest BCUT2D eigenvalue weighted by molar-refractivity contribution is -0.121. The summed E-state index contributed by atoms with van der Waals surface area (Å²) in [6, 6.07) is 12.0. The number of nitrogens with two attached hydrogens (primary N) is 1. The fourth-order valence-electron chi connectivity index (χ4n) is 3.85. The molecule has 2 heterocycles. The van der Waals surface area contributed by atoms with Crippen molar-refractivity contribution in [2.45, 2.75) is 32.2 Å². The number of nitrogens with zero attached hydrogens (tertiary/aromatic N) is 3. The number of carbonyl (C=O) groups is 1. The van der Waals surface area contributed by atoms with Crippen LogP contribution in [0.25, 0.3) is 11.0 Å². The van der Waals surface area contributed by atoms with Crippen molar-refractivity contribution in [3.8, 4) is 0 Å². The van der Waals surface area contributed by atoms with Gasteiger partial charge in [0.25, 0.3) is 0 Å². The van der Waals surface area contributed by atoms with Gasteiger partial charge in [-0.3, -0.25) is 4.79 Å². The quantitative estimate of drug-likeness (QED) is 0.729.